The van der Waals surface area contributed by atoms with Crippen molar-refractivity contribution in [2.24, 2.45) is 5.10 Å². The number of para-hydroxylation sites is 2. The molecule has 2 aromatic rings. The smallest absolute Gasteiger partial charge is 0.277 e. The summed E-state index contributed by atoms with van der Waals surface area (Å²) in [5.74, 6) is 0.788. The van der Waals surface area contributed by atoms with E-state index in [0.717, 1.165) is 3.57 Å². The number of carbonyl (C=O) groups is 1. The molecule has 0 aliphatic rings. The molecule has 2 aromatic carbocycles. The van der Waals surface area contributed by atoms with Gasteiger partial charge in [-0.25, -0.2) is 5.43 Å². The van der Waals surface area contributed by atoms with E-state index < -0.39 is 5.91 Å². The molecule has 132 valence electrons. The second kappa shape index (κ2) is 9.80. The molecule has 6 nitrogen and oxygen atoms in total. The first-order valence-corrected chi connectivity index (χ1v) is 9.51. The largest absolute Gasteiger partial charge is 0.506 e. The Labute approximate surface area is 172 Å². The average Bonchev–Trinajstić information content (AvgIpc) is 2.58. The van der Waals surface area contributed by atoms with Crippen LogP contribution < -0.4 is 14.9 Å². The maximum atomic E-state index is 11.8. The van der Waals surface area contributed by atoms with Crippen LogP contribution in [0.15, 0.2) is 41.5 Å². The van der Waals surface area contributed by atoms with Crippen molar-refractivity contribution in [3.8, 4) is 17.2 Å². The van der Waals surface area contributed by atoms with Crippen molar-refractivity contribution in [1.82, 2.24) is 5.43 Å². The highest BCUT2D eigenvalue weighted by molar-refractivity contribution is 14.1. The fourth-order valence-electron chi connectivity index (χ4n) is 1.88. The van der Waals surface area contributed by atoms with E-state index in [-0.39, 0.29) is 12.4 Å². The van der Waals surface area contributed by atoms with Gasteiger partial charge in [0.05, 0.1) is 16.4 Å². The van der Waals surface area contributed by atoms with Gasteiger partial charge in [0.15, 0.2) is 18.1 Å². The quantitative estimate of drug-likeness (QED) is 0.306. The number of phenolic OH excluding ortho intramolecular Hbond substituents is 1. The zero-order valence-corrected chi connectivity index (χ0v) is 17.6. The van der Waals surface area contributed by atoms with Crippen molar-refractivity contribution in [2.75, 3.05) is 13.2 Å². The third kappa shape index (κ3) is 6.03. The summed E-state index contributed by atoms with van der Waals surface area (Å²) in [4.78, 5) is 11.8. The molecule has 0 fully saturated rings. The van der Waals surface area contributed by atoms with Crippen LogP contribution in [-0.4, -0.2) is 30.4 Å². The Kier molecular flexibility index (Phi) is 7.75. The standard InChI is InChI=1S/C17H16I2N2O4/c1-2-24-14-5-3-4-6-15(14)25-10-16(22)21-20-9-11-7-12(18)8-13(19)17(11)23/h3-9,23H,2,10H2,1H3,(H,21,22)/b20-9+. The lowest BCUT2D eigenvalue weighted by Gasteiger charge is -2.10. The lowest BCUT2D eigenvalue weighted by Crippen LogP contribution is -2.24. The van der Waals surface area contributed by atoms with Gasteiger partial charge in [0.2, 0.25) is 0 Å². The molecular weight excluding hydrogens is 550 g/mol. The van der Waals surface area contributed by atoms with Gasteiger partial charge in [0.1, 0.15) is 5.75 Å². The summed E-state index contributed by atoms with van der Waals surface area (Å²) >= 11 is 4.18. The topological polar surface area (TPSA) is 80.2 Å². The number of rotatable bonds is 7. The molecule has 0 aliphatic carbocycles. The predicted molar refractivity (Wildman–Crippen MR) is 112 cm³/mol. The SMILES string of the molecule is CCOc1ccccc1OCC(=O)N/N=C/c1cc(I)cc(I)c1O. The van der Waals surface area contributed by atoms with E-state index in [4.69, 9.17) is 9.47 Å². The maximum absolute atomic E-state index is 11.8. The molecule has 0 saturated carbocycles. The van der Waals surface area contributed by atoms with E-state index in [0.29, 0.717) is 27.2 Å². The van der Waals surface area contributed by atoms with Gasteiger partial charge in [0, 0.05) is 9.13 Å². The molecule has 1 amide bonds. The lowest BCUT2D eigenvalue weighted by molar-refractivity contribution is -0.123. The highest BCUT2D eigenvalue weighted by atomic mass is 127. The first-order chi connectivity index (χ1) is 12.0. The summed E-state index contributed by atoms with van der Waals surface area (Å²) in [5, 5.41) is 13.8. The second-order valence-corrected chi connectivity index (χ2v) is 7.19. The normalized spacial score (nSPS) is 10.7. The van der Waals surface area contributed by atoms with Crippen LogP contribution in [0.2, 0.25) is 0 Å². The van der Waals surface area contributed by atoms with Crippen LogP contribution in [0.4, 0.5) is 0 Å². The molecule has 8 heteroatoms. The van der Waals surface area contributed by atoms with E-state index in [9.17, 15) is 9.90 Å². The number of ether oxygens (including phenoxy) is 2. The summed E-state index contributed by atoms with van der Waals surface area (Å²) in [7, 11) is 0. The molecule has 0 atom stereocenters. The minimum absolute atomic E-state index is 0.126. The van der Waals surface area contributed by atoms with Gasteiger partial charge in [0.25, 0.3) is 5.91 Å². The molecule has 0 saturated heterocycles. The Morgan fingerprint density at radius 1 is 1.24 bits per heavy atom. The summed E-state index contributed by atoms with van der Waals surface area (Å²) in [6.07, 6.45) is 1.39. The highest BCUT2D eigenvalue weighted by Gasteiger charge is 2.08. The number of nitrogens with one attached hydrogen (secondary N) is 1. The average molecular weight is 566 g/mol. The predicted octanol–water partition coefficient (Wildman–Crippen LogP) is 3.53. The van der Waals surface area contributed by atoms with Crippen molar-refractivity contribution in [3.05, 3.63) is 49.1 Å². The van der Waals surface area contributed by atoms with Gasteiger partial charge in [-0.15, -0.1) is 0 Å². The number of phenols is 1. The van der Waals surface area contributed by atoms with Gasteiger partial charge >= 0.3 is 0 Å². The van der Waals surface area contributed by atoms with Crippen LogP contribution >= 0.6 is 45.2 Å². The van der Waals surface area contributed by atoms with Crippen molar-refractivity contribution >= 4 is 57.3 Å². The van der Waals surface area contributed by atoms with Crippen molar-refractivity contribution in [3.63, 3.8) is 0 Å². The number of carbonyl (C=O) groups excluding carboxylic acids is 1. The van der Waals surface area contributed by atoms with Crippen LogP contribution in [-0.2, 0) is 4.79 Å². The van der Waals surface area contributed by atoms with Crippen LogP contribution in [0.1, 0.15) is 12.5 Å². The van der Waals surface area contributed by atoms with E-state index in [1.165, 1.54) is 6.21 Å². The number of aromatic hydroxyl groups is 1. The molecule has 0 spiro atoms. The zero-order chi connectivity index (χ0) is 18.2. The Morgan fingerprint density at radius 3 is 2.60 bits per heavy atom. The maximum Gasteiger partial charge on any atom is 0.277 e. The summed E-state index contributed by atoms with van der Waals surface area (Å²) in [6.45, 7) is 2.19. The third-order valence-corrected chi connectivity index (χ3v) is 4.40. The molecule has 0 radical (unpaired) electrons. The van der Waals surface area contributed by atoms with Gasteiger partial charge in [-0.05, 0) is 76.4 Å². The summed E-state index contributed by atoms with van der Waals surface area (Å²) in [6, 6.07) is 10.7. The second-order valence-electron chi connectivity index (χ2n) is 4.79. The van der Waals surface area contributed by atoms with Crippen LogP contribution in [0.25, 0.3) is 0 Å². The summed E-state index contributed by atoms with van der Waals surface area (Å²) in [5.41, 5.74) is 2.89. The first kappa shape index (κ1) is 19.8. The molecule has 0 heterocycles. The minimum atomic E-state index is -0.414. The van der Waals surface area contributed by atoms with Crippen molar-refractivity contribution < 1.29 is 19.4 Å². The Balaban J connectivity index is 1.91. The van der Waals surface area contributed by atoms with Crippen molar-refractivity contribution in [2.45, 2.75) is 6.92 Å². The molecule has 0 aromatic heterocycles. The third-order valence-electron chi connectivity index (χ3n) is 2.96. The number of benzene rings is 2. The molecule has 0 bridgehead atoms. The molecule has 0 unspecified atom stereocenters. The fraction of sp³-hybridized carbons (Fsp3) is 0.176. The molecule has 2 rings (SSSR count). The Morgan fingerprint density at radius 2 is 1.92 bits per heavy atom. The van der Waals surface area contributed by atoms with E-state index in [1.54, 1.807) is 24.3 Å². The molecule has 25 heavy (non-hydrogen) atoms. The van der Waals surface area contributed by atoms with E-state index in [1.807, 2.05) is 41.6 Å². The minimum Gasteiger partial charge on any atom is -0.506 e. The Bertz CT molecular complexity index is 781. The fourth-order valence-corrected chi connectivity index (χ4v) is 3.77. The number of halogens is 2. The molecule has 2 N–H and O–H groups in total. The van der Waals surface area contributed by atoms with Crippen LogP contribution in [0, 0.1) is 7.14 Å². The number of hydrogen-bond acceptors (Lipinski definition) is 5. The first-order valence-electron chi connectivity index (χ1n) is 7.35. The van der Waals surface area contributed by atoms with Crippen LogP contribution in [0.3, 0.4) is 0 Å². The van der Waals surface area contributed by atoms with Crippen LogP contribution in [0.5, 0.6) is 17.2 Å². The van der Waals surface area contributed by atoms with Gasteiger partial charge in [-0.3, -0.25) is 4.79 Å². The Hall–Kier alpha value is -1.56. The monoisotopic (exact) mass is 566 g/mol. The van der Waals surface area contributed by atoms with Crippen molar-refractivity contribution in [1.29, 1.82) is 0 Å². The van der Waals surface area contributed by atoms with Gasteiger partial charge in [-0.1, -0.05) is 12.1 Å². The zero-order valence-electron chi connectivity index (χ0n) is 13.3. The van der Waals surface area contributed by atoms with E-state index in [2.05, 4.69) is 33.1 Å². The van der Waals surface area contributed by atoms with Gasteiger partial charge < -0.3 is 14.6 Å². The summed E-state index contributed by atoms with van der Waals surface area (Å²) < 4.78 is 12.6. The molecule has 0 aliphatic heterocycles. The number of amides is 1. The van der Waals surface area contributed by atoms with Gasteiger partial charge in [-0.2, -0.15) is 5.10 Å². The van der Waals surface area contributed by atoms with E-state index >= 15 is 0 Å². The highest BCUT2D eigenvalue weighted by Crippen LogP contribution is 2.26. The number of hydrogen-bond donors (Lipinski definition) is 2. The molecular formula is C17H16I2N2O4. The number of hydrazone groups is 1. The number of nitrogens with zero attached hydrogens (tertiary/aromatic N) is 1. The lowest BCUT2D eigenvalue weighted by atomic mass is 10.2.